The van der Waals surface area contributed by atoms with Crippen LogP contribution >= 0.6 is 12.2 Å². The van der Waals surface area contributed by atoms with Gasteiger partial charge in [-0.2, -0.15) is 5.26 Å². The second-order valence-electron chi connectivity index (χ2n) is 3.40. The minimum atomic E-state index is 0.233. The lowest BCUT2D eigenvalue weighted by Crippen LogP contribution is -2.18. The fourth-order valence-electron chi connectivity index (χ4n) is 1.63. The minimum absolute atomic E-state index is 0.233. The number of H-pyrrole nitrogens is 1. The molecule has 0 saturated heterocycles. The highest BCUT2D eigenvalue weighted by Crippen LogP contribution is 2.22. The fourth-order valence-corrected chi connectivity index (χ4v) is 1.75. The van der Waals surface area contributed by atoms with Crippen molar-refractivity contribution in [3.8, 4) is 6.07 Å². The van der Waals surface area contributed by atoms with E-state index in [4.69, 9.17) is 23.2 Å². The molecular formula is C11H10N4S. The molecule has 0 amide bonds. The van der Waals surface area contributed by atoms with Crippen LogP contribution in [-0.2, 0) is 6.42 Å². The second-order valence-corrected chi connectivity index (χ2v) is 3.84. The first-order valence-electron chi connectivity index (χ1n) is 4.74. The van der Waals surface area contributed by atoms with Crippen LogP contribution < -0.4 is 11.1 Å². The van der Waals surface area contributed by atoms with Crippen molar-refractivity contribution in [2.24, 2.45) is 5.73 Å². The van der Waals surface area contributed by atoms with Crippen LogP contribution in [0.3, 0.4) is 0 Å². The molecule has 1 aromatic carbocycles. The molecule has 0 spiro atoms. The summed E-state index contributed by atoms with van der Waals surface area (Å²) in [5, 5.41) is 12.8. The summed E-state index contributed by atoms with van der Waals surface area (Å²) in [6.45, 7) is 0. The molecule has 0 unspecified atom stereocenters. The molecular weight excluding hydrogens is 220 g/mol. The van der Waals surface area contributed by atoms with E-state index in [1.807, 2.05) is 24.4 Å². The third-order valence-electron chi connectivity index (χ3n) is 2.30. The molecule has 0 bridgehead atoms. The zero-order valence-electron chi connectivity index (χ0n) is 8.45. The van der Waals surface area contributed by atoms with Crippen molar-refractivity contribution in [2.45, 2.75) is 6.42 Å². The first-order chi connectivity index (χ1) is 7.70. The molecule has 2 rings (SSSR count). The van der Waals surface area contributed by atoms with Crippen molar-refractivity contribution < 1.29 is 0 Å². The maximum atomic E-state index is 8.69. The van der Waals surface area contributed by atoms with Gasteiger partial charge in [-0.15, -0.1) is 0 Å². The average Bonchev–Trinajstić information content (AvgIpc) is 2.61. The van der Waals surface area contributed by atoms with Crippen molar-refractivity contribution in [3.05, 3.63) is 30.0 Å². The normalized spacial score (nSPS) is 9.94. The van der Waals surface area contributed by atoms with Crippen molar-refractivity contribution in [1.29, 1.82) is 5.26 Å². The van der Waals surface area contributed by atoms with E-state index in [-0.39, 0.29) is 5.11 Å². The molecule has 0 saturated carbocycles. The Balaban J connectivity index is 2.46. The zero-order valence-corrected chi connectivity index (χ0v) is 9.27. The SMILES string of the molecule is N#CCc1c[nH]c2ccc(NC(N)=S)cc12. The predicted molar refractivity (Wildman–Crippen MR) is 68.0 cm³/mol. The number of anilines is 1. The van der Waals surface area contributed by atoms with Crippen LogP contribution in [0.2, 0.25) is 0 Å². The monoisotopic (exact) mass is 230 g/mol. The fraction of sp³-hybridized carbons (Fsp3) is 0.0909. The lowest BCUT2D eigenvalue weighted by atomic mass is 10.1. The Morgan fingerprint density at radius 1 is 1.56 bits per heavy atom. The van der Waals surface area contributed by atoms with Gasteiger partial charge in [0.1, 0.15) is 0 Å². The smallest absolute Gasteiger partial charge is 0.168 e. The number of hydrogen-bond acceptors (Lipinski definition) is 2. The van der Waals surface area contributed by atoms with E-state index in [0.29, 0.717) is 6.42 Å². The lowest BCUT2D eigenvalue weighted by molar-refractivity contribution is 1.28. The molecule has 1 heterocycles. The number of nitrogens with one attached hydrogen (secondary N) is 2. The molecule has 0 aliphatic carbocycles. The summed E-state index contributed by atoms with van der Waals surface area (Å²) < 4.78 is 0. The quantitative estimate of drug-likeness (QED) is 0.688. The summed E-state index contributed by atoms with van der Waals surface area (Å²) in [6, 6.07) is 7.87. The Kier molecular flexibility index (Phi) is 2.75. The van der Waals surface area contributed by atoms with Gasteiger partial charge in [0.15, 0.2) is 5.11 Å². The molecule has 0 radical (unpaired) electrons. The lowest BCUT2D eigenvalue weighted by Gasteiger charge is -2.03. The maximum Gasteiger partial charge on any atom is 0.168 e. The first-order valence-corrected chi connectivity index (χ1v) is 5.15. The summed E-state index contributed by atoms with van der Waals surface area (Å²) in [4.78, 5) is 3.11. The highest BCUT2D eigenvalue weighted by molar-refractivity contribution is 7.80. The summed E-state index contributed by atoms with van der Waals surface area (Å²) in [6.07, 6.45) is 2.23. The van der Waals surface area contributed by atoms with E-state index in [0.717, 1.165) is 22.2 Å². The number of rotatable bonds is 2. The van der Waals surface area contributed by atoms with Gasteiger partial charge in [-0.05, 0) is 36.0 Å². The highest BCUT2D eigenvalue weighted by atomic mass is 32.1. The molecule has 16 heavy (non-hydrogen) atoms. The Hall–Kier alpha value is -2.06. The van der Waals surface area contributed by atoms with Crippen molar-refractivity contribution in [2.75, 3.05) is 5.32 Å². The Bertz CT molecular complexity index is 579. The summed E-state index contributed by atoms with van der Waals surface area (Å²) in [7, 11) is 0. The Morgan fingerprint density at radius 3 is 3.06 bits per heavy atom. The van der Waals surface area contributed by atoms with E-state index in [9.17, 15) is 0 Å². The first kappa shape index (κ1) is 10.5. The maximum absolute atomic E-state index is 8.69. The molecule has 0 aliphatic rings. The van der Waals surface area contributed by atoms with E-state index in [1.54, 1.807) is 0 Å². The van der Waals surface area contributed by atoms with Crippen LogP contribution in [0.1, 0.15) is 5.56 Å². The largest absolute Gasteiger partial charge is 0.376 e. The molecule has 4 nitrogen and oxygen atoms in total. The number of hydrogen-bond donors (Lipinski definition) is 3. The zero-order chi connectivity index (χ0) is 11.5. The summed E-state index contributed by atoms with van der Waals surface area (Å²) >= 11 is 4.77. The Morgan fingerprint density at radius 2 is 2.38 bits per heavy atom. The minimum Gasteiger partial charge on any atom is -0.376 e. The van der Waals surface area contributed by atoms with E-state index >= 15 is 0 Å². The standard InChI is InChI=1S/C11H10N4S/c12-4-3-7-6-14-10-2-1-8(5-9(7)10)15-11(13)16/h1-2,5-6,14H,3H2,(H3,13,15,16). The van der Waals surface area contributed by atoms with Gasteiger partial charge in [0, 0.05) is 22.8 Å². The van der Waals surface area contributed by atoms with Crippen LogP contribution in [0.5, 0.6) is 0 Å². The number of thiocarbonyl (C=S) groups is 1. The third-order valence-corrected chi connectivity index (χ3v) is 2.41. The second kappa shape index (κ2) is 4.21. The molecule has 5 heteroatoms. The predicted octanol–water partition coefficient (Wildman–Crippen LogP) is 1.89. The molecule has 0 aliphatic heterocycles. The number of fused-ring (bicyclic) bond motifs is 1. The molecule has 2 aromatic rings. The Labute approximate surface area is 98.1 Å². The van der Waals surface area contributed by atoms with Crippen LogP contribution in [0.4, 0.5) is 5.69 Å². The number of nitrogens with two attached hydrogens (primary N) is 1. The van der Waals surface area contributed by atoms with E-state index in [2.05, 4.69) is 16.4 Å². The molecule has 4 N–H and O–H groups in total. The average molecular weight is 230 g/mol. The van der Waals surface area contributed by atoms with Gasteiger partial charge in [-0.25, -0.2) is 0 Å². The summed E-state index contributed by atoms with van der Waals surface area (Å²) in [5.41, 5.74) is 8.21. The number of nitriles is 1. The van der Waals surface area contributed by atoms with Crippen LogP contribution in [0.15, 0.2) is 24.4 Å². The summed E-state index contributed by atoms with van der Waals surface area (Å²) in [5.74, 6) is 0. The molecule has 80 valence electrons. The van der Waals surface area contributed by atoms with Crippen molar-refractivity contribution in [3.63, 3.8) is 0 Å². The van der Waals surface area contributed by atoms with Crippen LogP contribution in [0, 0.1) is 11.3 Å². The van der Waals surface area contributed by atoms with E-state index in [1.165, 1.54) is 0 Å². The third kappa shape index (κ3) is 1.97. The highest BCUT2D eigenvalue weighted by Gasteiger charge is 2.04. The van der Waals surface area contributed by atoms with Gasteiger partial charge in [0.2, 0.25) is 0 Å². The van der Waals surface area contributed by atoms with Crippen LogP contribution in [-0.4, -0.2) is 10.1 Å². The molecule has 0 atom stereocenters. The van der Waals surface area contributed by atoms with Gasteiger partial charge in [-0.1, -0.05) is 0 Å². The van der Waals surface area contributed by atoms with Gasteiger partial charge in [0.05, 0.1) is 12.5 Å². The van der Waals surface area contributed by atoms with E-state index < -0.39 is 0 Å². The topological polar surface area (TPSA) is 77.6 Å². The number of benzene rings is 1. The van der Waals surface area contributed by atoms with Gasteiger partial charge in [0.25, 0.3) is 0 Å². The van der Waals surface area contributed by atoms with Gasteiger partial charge < -0.3 is 16.0 Å². The van der Waals surface area contributed by atoms with Gasteiger partial charge >= 0.3 is 0 Å². The van der Waals surface area contributed by atoms with Crippen molar-refractivity contribution >= 4 is 33.9 Å². The van der Waals surface area contributed by atoms with Crippen LogP contribution in [0.25, 0.3) is 10.9 Å². The number of aromatic nitrogens is 1. The van der Waals surface area contributed by atoms with Crippen molar-refractivity contribution in [1.82, 2.24) is 4.98 Å². The number of aromatic amines is 1. The molecule has 1 aromatic heterocycles. The number of nitrogens with zero attached hydrogens (tertiary/aromatic N) is 1. The van der Waals surface area contributed by atoms with Gasteiger partial charge in [-0.3, -0.25) is 0 Å². The molecule has 0 fully saturated rings.